The molecule has 1 rings (SSSR count). The number of carbonyl (C=O) groups is 2. The molecule has 0 aliphatic heterocycles. The van der Waals surface area contributed by atoms with Gasteiger partial charge in [-0.05, 0) is 18.1 Å². The Hall–Kier alpha value is -1.38. The fourth-order valence-corrected chi connectivity index (χ4v) is 0.761. The van der Waals surface area contributed by atoms with Crippen molar-refractivity contribution in [2.24, 2.45) is 0 Å². The number of aryl methyl sites for hydroxylation is 1. The first-order valence-electron chi connectivity index (χ1n) is 3.32. The molecule has 3 nitrogen and oxygen atoms in total. The monoisotopic (exact) mass is 152 g/mol. The van der Waals surface area contributed by atoms with Crippen molar-refractivity contribution in [2.75, 3.05) is 0 Å². The summed E-state index contributed by atoms with van der Waals surface area (Å²) < 4.78 is 4.78. The Bertz CT molecular complexity index is 236. The number of furan rings is 1. The van der Waals surface area contributed by atoms with Gasteiger partial charge in [0.05, 0.1) is 12.5 Å². The van der Waals surface area contributed by atoms with Gasteiger partial charge in [-0.2, -0.15) is 0 Å². The summed E-state index contributed by atoms with van der Waals surface area (Å²) in [7, 11) is 0. The van der Waals surface area contributed by atoms with E-state index in [9.17, 15) is 9.59 Å². The van der Waals surface area contributed by atoms with E-state index >= 15 is 0 Å². The second-order valence-electron chi connectivity index (χ2n) is 2.22. The van der Waals surface area contributed by atoms with Crippen LogP contribution in [0.2, 0.25) is 0 Å². The quantitative estimate of drug-likeness (QED) is 0.477. The van der Waals surface area contributed by atoms with Crippen LogP contribution >= 0.6 is 0 Å². The van der Waals surface area contributed by atoms with E-state index in [0.29, 0.717) is 12.7 Å². The van der Waals surface area contributed by atoms with Crippen LogP contribution in [0.1, 0.15) is 12.0 Å². The number of hydrogen-bond donors (Lipinski definition) is 0. The molecular weight excluding hydrogens is 144 g/mol. The summed E-state index contributed by atoms with van der Waals surface area (Å²) >= 11 is 0. The minimum Gasteiger partial charge on any atom is -0.472 e. The molecule has 1 heterocycles. The zero-order chi connectivity index (χ0) is 8.10. The standard InChI is InChI=1S/C8H8O3/c9-5-8(10)2-1-7-3-4-11-6-7/h3-6H,1-2H2. The molecule has 0 aliphatic rings. The summed E-state index contributed by atoms with van der Waals surface area (Å²) in [5.74, 6) is -0.369. The van der Waals surface area contributed by atoms with E-state index < -0.39 is 0 Å². The molecule has 0 N–H and O–H groups in total. The van der Waals surface area contributed by atoms with Crippen molar-refractivity contribution in [3.05, 3.63) is 24.2 Å². The molecule has 0 aromatic carbocycles. The molecular formula is C8H8O3. The molecule has 0 radical (unpaired) electrons. The van der Waals surface area contributed by atoms with Gasteiger partial charge in [0, 0.05) is 6.42 Å². The van der Waals surface area contributed by atoms with E-state index in [1.165, 1.54) is 0 Å². The normalized spacial score (nSPS) is 9.45. The van der Waals surface area contributed by atoms with Gasteiger partial charge in [0.25, 0.3) is 0 Å². The van der Waals surface area contributed by atoms with Gasteiger partial charge in [-0.25, -0.2) is 0 Å². The van der Waals surface area contributed by atoms with Crippen LogP contribution in [0.5, 0.6) is 0 Å². The molecule has 0 saturated carbocycles. The largest absolute Gasteiger partial charge is 0.472 e. The van der Waals surface area contributed by atoms with Crippen LogP contribution in [0.3, 0.4) is 0 Å². The second kappa shape index (κ2) is 3.71. The number of hydrogen-bond acceptors (Lipinski definition) is 3. The molecule has 11 heavy (non-hydrogen) atoms. The van der Waals surface area contributed by atoms with E-state index in [0.717, 1.165) is 5.56 Å². The summed E-state index contributed by atoms with van der Waals surface area (Å²) in [6.07, 6.45) is 4.30. The average molecular weight is 152 g/mol. The van der Waals surface area contributed by atoms with Gasteiger partial charge in [-0.3, -0.25) is 9.59 Å². The molecule has 0 saturated heterocycles. The van der Waals surface area contributed by atoms with Gasteiger partial charge < -0.3 is 4.42 Å². The lowest BCUT2D eigenvalue weighted by Gasteiger charge is -1.89. The van der Waals surface area contributed by atoms with Gasteiger partial charge in [0.15, 0.2) is 12.1 Å². The maximum absolute atomic E-state index is 10.5. The molecule has 1 aromatic heterocycles. The van der Waals surface area contributed by atoms with Crippen LogP contribution in [-0.2, 0) is 16.0 Å². The average Bonchev–Trinajstić information content (AvgIpc) is 2.52. The summed E-state index contributed by atoms with van der Waals surface area (Å²) in [5, 5.41) is 0. The molecule has 0 bridgehead atoms. The Morgan fingerprint density at radius 2 is 2.45 bits per heavy atom. The molecule has 0 unspecified atom stereocenters. The van der Waals surface area contributed by atoms with Crippen LogP contribution in [-0.4, -0.2) is 12.1 Å². The summed E-state index contributed by atoms with van der Waals surface area (Å²) in [6, 6.07) is 1.78. The SMILES string of the molecule is O=CC(=O)CCc1ccoc1. The number of Topliss-reactive ketones (excluding diaryl/α,β-unsaturated/α-hetero) is 1. The van der Waals surface area contributed by atoms with E-state index in [-0.39, 0.29) is 12.2 Å². The molecule has 0 spiro atoms. The fourth-order valence-electron chi connectivity index (χ4n) is 0.761. The highest BCUT2D eigenvalue weighted by atomic mass is 16.3. The van der Waals surface area contributed by atoms with Crippen LogP contribution in [0.15, 0.2) is 23.0 Å². The van der Waals surface area contributed by atoms with Gasteiger partial charge in [0.1, 0.15) is 0 Å². The summed E-state index contributed by atoms with van der Waals surface area (Å²) in [4.78, 5) is 20.4. The van der Waals surface area contributed by atoms with E-state index in [1.807, 2.05) is 0 Å². The fraction of sp³-hybridized carbons (Fsp3) is 0.250. The van der Waals surface area contributed by atoms with Gasteiger partial charge >= 0.3 is 0 Å². The van der Waals surface area contributed by atoms with Gasteiger partial charge in [-0.15, -0.1) is 0 Å². The lowest BCUT2D eigenvalue weighted by atomic mass is 10.1. The van der Waals surface area contributed by atoms with E-state index in [4.69, 9.17) is 4.42 Å². The van der Waals surface area contributed by atoms with Crippen LogP contribution < -0.4 is 0 Å². The highest BCUT2D eigenvalue weighted by Crippen LogP contribution is 2.02. The maximum Gasteiger partial charge on any atom is 0.195 e. The molecule has 58 valence electrons. The third-order valence-electron chi connectivity index (χ3n) is 1.37. The minimum absolute atomic E-state index is 0.267. The van der Waals surface area contributed by atoms with Crippen LogP contribution in [0.4, 0.5) is 0 Å². The smallest absolute Gasteiger partial charge is 0.195 e. The second-order valence-corrected chi connectivity index (χ2v) is 2.22. The number of rotatable bonds is 4. The molecule has 0 fully saturated rings. The van der Waals surface area contributed by atoms with Crippen LogP contribution in [0, 0.1) is 0 Å². The van der Waals surface area contributed by atoms with E-state index in [2.05, 4.69) is 0 Å². The number of carbonyl (C=O) groups excluding carboxylic acids is 2. The zero-order valence-corrected chi connectivity index (χ0v) is 5.95. The highest BCUT2D eigenvalue weighted by molar-refractivity contribution is 6.24. The van der Waals surface area contributed by atoms with Crippen molar-refractivity contribution >= 4 is 12.1 Å². The van der Waals surface area contributed by atoms with Crippen molar-refractivity contribution < 1.29 is 14.0 Å². The zero-order valence-electron chi connectivity index (χ0n) is 5.95. The third kappa shape index (κ3) is 2.37. The minimum atomic E-state index is -0.369. The predicted molar refractivity (Wildman–Crippen MR) is 38.1 cm³/mol. The van der Waals surface area contributed by atoms with Crippen molar-refractivity contribution in [3.63, 3.8) is 0 Å². The first-order chi connectivity index (χ1) is 5.33. The lowest BCUT2D eigenvalue weighted by molar-refractivity contribution is -0.129. The van der Waals surface area contributed by atoms with E-state index in [1.54, 1.807) is 18.6 Å². The highest BCUT2D eigenvalue weighted by Gasteiger charge is 2.00. The van der Waals surface area contributed by atoms with Crippen LogP contribution in [0.25, 0.3) is 0 Å². The molecule has 1 aromatic rings. The number of ketones is 1. The number of aldehydes is 1. The topological polar surface area (TPSA) is 47.3 Å². The Labute approximate surface area is 64.0 Å². The Morgan fingerprint density at radius 3 is 3.00 bits per heavy atom. The summed E-state index contributed by atoms with van der Waals surface area (Å²) in [6.45, 7) is 0. The molecule has 0 atom stereocenters. The first-order valence-corrected chi connectivity index (χ1v) is 3.32. The third-order valence-corrected chi connectivity index (χ3v) is 1.37. The maximum atomic E-state index is 10.5. The molecule has 0 aliphatic carbocycles. The molecule has 3 heteroatoms. The first kappa shape index (κ1) is 7.72. The van der Waals surface area contributed by atoms with Gasteiger partial charge in [0.2, 0.25) is 0 Å². The summed E-state index contributed by atoms with van der Waals surface area (Å²) in [5.41, 5.74) is 0.945. The van der Waals surface area contributed by atoms with Crippen molar-refractivity contribution in [3.8, 4) is 0 Å². The van der Waals surface area contributed by atoms with Crippen molar-refractivity contribution in [2.45, 2.75) is 12.8 Å². The Balaban J connectivity index is 2.34. The lowest BCUT2D eigenvalue weighted by Crippen LogP contribution is -1.99. The van der Waals surface area contributed by atoms with Crippen molar-refractivity contribution in [1.82, 2.24) is 0 Å². The predicted octanol–water partition coefficient (Wildman–Crippen LogP) is 0.980. The van der Waals surface area contributed by atoms with Gasteiger partial charge in [-0.1, -0.05) is 0 Å². The molecule has 0 amide bonds. The Morgan fingerprint density at radius 1 is 1.64 bits per heavy atom. The van der Waals surface area contributed by atoms with Crippen molar-refractivity contribution in [1.29, 1.82) is 0 Å². The Kier molecular flexibility index (Phi) is 2.60.